The van der Waals surface area contributed by atoms with Gasteiger partial charge in [-0.25, -0.2) is 9.59 Å². The van der Waals surface area contributed by atoms with E-state index in [9.17, 15) is 14.7 Å². The quantitative estimate of drug-likeness (QED) is 0.862. The number of aliphatic carboxylic acids is 1. The highest BCUT2D eigenvalue weighted by atomic mass is 32.1. The van der Waals surface area contributed by atoms with Gasteiger partial charge < -0.3 is 14.7 Å². The molecular formula is C17H17NO4S. The number of rotatable bonds is 3. The smallest absolute Gasteiger partial charge is 0.339 e. The van der Waals surface area contributed by atoms with E-state index in [-0.39, 0.29) is 22.9 Å². The lowest BCUT2D eigenvalue weighted by Crippen LogP contribution is -2.38. The first kappa shape index (κ1) is 15.6. The number of nitrogens with zero attached hydrogens (tertiary/aromatic N) is 1. The molecule has 0 saturated carbocycles. The monoisotopic (exact) mass is 331 g/mol. The summed E-state index contributed by atoms with van der Waals surface area (Å²) in [6.45, 7) is 0.809. The summed E-state index contributed by atoms with van der Waals surface area (Å²) in [6.07, 6.45) is 6.43. The summed E-state index contributed by atoms with van der Waals surface area (Å²) in [7, 11) is 1.38. The van der Waals surface area contributed by atoms with Crippen LogP contribution in [0.2, 0.25) is 0 Å². The Labute approximate surface area is 138 Å². The van der Waals surface area contributed by atoms with Gasteiger partial charge in [0, 0.05) is 11.4 Å². The number of aryl methyl sites for hydroxylation is 1. The fraction of sp³-hybridized carbons (Fsp3) is 0.353. The lowest BCUT2D eigenvalue weighted by Gasteiger charge is -2.33. The maximum Gasteiger partial charge on any atom is 0.339 e. The number of carboxylic acid groups (broad SMARTS) is 1. The van der Waals surface area contributed by atoms with E-state index < -0.39 is 5.97 Å². The second kappa shape index (κ2) is 6.44. The highest BCUT2D eigenvalue weighted by Crippen LogP contribution is 2.36. The Morgan fingerprint density at radius 3 is 3.00 bits per heavy atom. The molecule has 3 rings (SSSR count). The van der Waals surface area contributed by atoms with Gasteiger partial charge in [0.05, 0.1) is 18.8 Å². The molecule has 0 spiro atoms. The first-order valence-electron chi connectivity index (χ1n) is 7.45. The first-order valence-corrected chi connectivity index (χ1v) is 8.33. The SMILES string of the molecule is COC1=C(C(=O)O)C=CC(N2CCCCc3sccc32)C1=C=O. The van der Waals surface area contributed by atoms with E-state index in [1.54, 1.807) is 17.4 Å². The minimum Gasteiger partial charge on any atom is -0.495 e. The number of thiophene rings is 1. The molecule has 0 amide bonds. The minimum absolute atomic E-state index is 0.0116. The summed E-state index contributed by atoms with van der Waals surface area (Å²) in [6, 6.07) is 1.71. The normalized spacial score (nSPS) is 20.8. The number of hydrogen-bond acceptors (Lipinski definition) is 5. The number of carbonyl (C=O) groups excluding carboxylic acids is 1. The third kappa shape index (κ3) is 2.71. The molecule has 0 saturated heterocycles. The Balaban J connectivity index is 2.04. The van der Waals surface area contributed by atoms with Gasteiger partial charge in [-0.3, -0.25) is 0 Å². The zero-order valence-electron chi connectivity index (χ0n) is 12.7. The van der Waals surface area contributed by atoms with Crippen LogP contribution in [0.15, 0.2) is 40.5 Å². The van der Waals surface area contributed by atoms with Crippen molar-refractivity contribution in [3.05, 3.63) is 45.4 Å². The van der Waals surface area contributed by atoms with Crippen molar-refractivity contribution in [2.24, 2.45) is 0 Å². The number of hydrogen-bond donors (Lipinski definition) is 1. The van der Waals surface area contributed by atoms with E-state index in [4.69, 9.17) is 4.74 Å². The van der Waals surface area contributed by atoms with Crippen LogP contribution in [0.25, 0.3) is 0 Å². The Morgan fingerprint density at radius 1 is 1.48 bits per heavy atom. The number of methoxy groups -OCH3 is 1. The molecule has 1 N–H and O–H groups in total. The fourth-order valence-corrected chi connectivity index (χ4v) is 4.08. The van der Waals surface area contributed by atoms with E-state index in [2.05, 4.69) is 16.3 Å². The molecule has 0 fully saturated rings. The lowest BCUT2D eigenvalue weighted by molar-refractivity contribution is -0.132. The van der Waals surface area contributed by atoms with E-state index in [0.717, 1.165) is 31.5 Å². The van der Waals surface area contributed by atoms with Gasteiger partial charge in [0.15, 0.2) is 0 Å². The Hall–Kier alpha value is -2.30. The molecule has 2 heterocycles. The first-order chi connectivity index (χ1) is 11.2. The number of carbonyl (C=O) groups is 1. The van der Waals surface area contributed by atoms with Crippen LogP contribution in [-0.2, 0) is 20.7 Å². The van der Waals surface area contributed by atoms with Crippen LogP contribution in [0.3, 0.4) is 0 Å². The number of carboxylic acids is 1. The third-order valence-corrected chi connectivity index (χ3v) is 5.16. The van der Waals surface area contributed by atoms with Crippen molar-refractivity contribution >= 4 is 28.9 Å². The summed E-state index contributed by atoms with van der Waals surface area (Å²) in [5, 5.41) is 11.3. The van der Waals surface area contributed by atoms with Gasteiger partial charge in [-0.05, 0) is 36.8 Å². The summed E-state index contributed by atoms with van der Waals surface area (Å²) in [4.78, 5) is 26.3. The molecule has 6 heteroatoms. The molecule has 120 valence electrons. The Morgan fingerprint density at radius 2 is 2.30 bits per heavy atom. The molecule has 1 unspecified atom stereocenters. The summed E-state index contributed by atoms with van der Waals surface area (Å²) in [5.74, 6) is 0.895. The second-order valence-electron chi connectivity index (χ2n) is 5.45. The molecule has 1 aliphatic heterocycles. The van der Waals surface area contributed by atoms with Gasteiger partial charge in [-0.1, -0.05) is 6.08 Å². The molecule has 1 aromatic rings. The Kier molecular flexibility index (Phi) is 4.37. The summed E-state index contributed by atoms with van der Waals surface area (Å²) < 4.78 is 5.21. The van der Waals surface area contributed by atoms with Crippen molar-refractivity contribution in [3.8, 4) is 0 Å². The molecule has 5 nitrogen and oxygen atoms in total. The number of fused-ring (bicyclic) bond motifs is 1. The highest BCUT2D eigenvalue weighted by Gasteiger charge is 2.33. The van der Waals surface area contributed by atoms with Crippen LogP contribution in [-0.4, -0.2) is 36.7 Å². The van der Waals surface area contributed by atoms with Crippen molar-refractivity contribution in [3.63, 3.8) is 0 Å². The van der Waals surface area contributed by atoms with Crippen LogP contribution in [0.5, 0.6) is 0 Å². The van der Waals surface area contributed by atoms with Gasteiger partial charge in [-0.2, -0.15) is 0 Å². The minimum atomic E-state index is -1.11. The van der Waals surface area contributed by atoms with Crippen LogP contribution >= 0.6 is 11.3 Å². The van der Waals surface area contributed by atoms with Crippen LogP contribution in [0.1, 0.15) is 17.7 Å². The fourth-order valence-electron chi connectivity index (χ4n) is 3.15. The number of ether oxygens (including phenoxy) is 1. The van der Waals surface area contributed by atoms with Crippen LogP contribution in [0, 0.1) is 0 Å². The van der Waals surface area contributed by atoms with Gasteiger partial charge in [0.1, 0.15) is 22.8 Å². The lowest BCUT2D eigenvalue weighted by atomic mass is 9.94. The summed E-state index contributed by atoms with van der Waals surface area (Å²) >= 11 is 1.72. The largest absolute Gasteiger partial charge is 0.495 e. The Bertz CT molecular complexity index is 740. The van der Waals surface area contributed by atoms with Gasteiger partial charge in [0.25, 0.3) is 0 Å². The van der Waals surface area contributed by atoms with Crippen LogP contribution in [0.4, 0.5) is 5.69 Å². The zero-order chi connectivity index (χ0) is 16.4. The average Bonchev–Trinajstić information content (AvgIpc) is 2.93. The molecule has 0 bridgehead atoms. The van der Waals surface area contributed by atoms with E-state index in [1.807, 2.05) is 5.94 Å². The predicted octanol–water partition coefficient (Wildman–Crippen LogP) is 2.57. The standard InChI is InChI=1S/C17H17NO4S/c1-22-16-11(17(20)21)5-6-13(12(16)10-19)18-8-3-2-4-15-14(18)7-9-23-15/h5-7,9,13H,2-4,8H2,1H3,(H,20,21). The van der Waals surface area contributed by atoms with Crippen molar-refractivity contribution in [2.75, 3.05) is 18.6 Å². The second-order valence-corrected chi connectivity index (χ2v) is 6.45. The molecular weight excluding hydrogens is 314 g/mol. The molecule has 1 aliphatic carbocycles. The van der Waals surface area contributed by atoms with Crippen LogP contribution < -0.4 is 4.90 Å². The maximum absolute atomic E-state index is 11.6. The molecule has 1 atom stereocenters. The van der Waals surface area contributed by atoms with E-state index >= 15 is 0 Å². The predicted molar refractivity (Wildman–Crippen MR) is 88.4 cm³/mol. The molecule has 1 aromatic heterocycles. The van der Waals surface area contributed by atoms with Gasteiger partial charge in [0.2, 0.25) is 0 Å². The molecule has 2 aliphatic rings. The van der Waals surface area contributed by atoms with Gasteiger partial charge in [-0.15, -0.1) is 11.3 Å². The summed E-state index contributed by atoms with van der Waals surface area (Å²) in [5.41, 5.74) is 1.35. The highest BCUT2D eigenvalue weighted by molar-refractivity contribution is 7.10. The van der Waals surface area contributed by atoms with E-state index in [1.165, 1.54) is 18.1 Å². The van der Waals surface area contributed by atoms with Gasteiger partial charge >= 0.3 is 5.97 Å². The van der Waals surface area contributed by atoms with Crippen molar-refractivity contribution in [1.82, 2.24) is 0 Å². The maximum atomic E-state index is 11.6. The van der Waals surface area contributed by atoms with Crippen molar-refractivity contribution in [2.45, 2.75) is 25.3 Å². The van der Waals surface area contributed by atoms with Crippen molar-refractivity contribution < 1.29 is 19.4 Å². The molecule has 0 aromatic carbocycles. The van der Waals surface area contributed by atoms with E-state index in [0.29, 0.717) is 0 Å². The average molecular weight is 331 g/mol. The molecule has 0 radical (unpaired) electrons. The third-order valence-electron chi connectivity index (χ3n) is 4.19. The topological polar surface area (TPSA) is 66.8 Å². The molecule has 23 heavy (non-hydrogen) atoms. The number of anilines is 1. The zero-order valence-corrected chi connectivity index (χ0v) is 13.6. The van der Waals surface area contributed by atoms with Crippen molar-refractivity contribution in [1.29, 1.82) is 0 Å².